The lowest BCUT2D eigenvalue weighted by molar-refractivity contribution is -0.140. The summed E-state index contributed by atoms with van der Waals surface area (Å²) in [5, 5.41) is 11.0. The molecule has 0 spiro atoms. The zero-order valence-corrected chi connectivity index (χ0v) is 21.3. The second kappa shape index (κ2) is 8.72. The van der Waals surface area contributed by atoms with Gasteiger partial charge in [0.2, 0.25) is 11.8 Å². The van der Waals surface area contributed by atoms with Crippen molar-refractivity contribution in [3.05, 3.63) is 63.9 Å². The zero-order valence-electron chi connectivity index (χ0n) is 19.0. The molecule has 188 valence electrons. The monoisotopic (exact) mass is 549 g/mol. The molecule has 1 aliphatic heterocycles. The molecule has 1 heterocycles. The summed E-state index contributed by atoms with van der Waals surface area (Å²) in [6.45, 7) is -0.220. The summed E-state index contributed by atoms with van der Waals surface area (Å²) >= 11 is 12.0. The maximum absolute atomic E-state index is 14.2. The molecule has 11 heteroatoms. The van der Waals surface area contributed by atoms with Gasteiger partial charge in [0, 0.05) is 6.54 Å². The van der Waals surface area contributed by atoms with E-state index in [4.69, 9.17) is 23.2 Å². The van der Waals surface area contributed by atoms with Crippen molar-refractivity contribution in [1.29, 1.82) is 5.26 Å². The number of nitrogens with one attached hydrogen (secondary N) is 1. The van der Waals surface area contributed by atoms with Gasteiger partial charge in [0.05, 0.1) is 31.7 Å². The molecule has 2 unspecified atom stereocenters. The van der Waals surface area contributed by atoms with Crippen molar-refractivity contribution in [3.8, 4) is 6.07 Å². The second-order valence-electron chi connectivity index (χ2n) is 9.70. The number of carbonyl (C=O) groups excluding carboxylic acids is 2. The summed E-state index contributed by atoms with van der Waals surface area (Å²) in [7, 11) is -3.99. The van der Waals surface area contributed by atoms with Gasteiger partial charge in [-0.2, -0.15) is 5.26 Å². The molecule has 2 aromatic rings. The van der Waals surface area contributed by atoms with Gasteiger partial charge in [-0.15, -0.1) is 0 Å². The van der Waals surface area contributed by atoms with Gasteiger partial charge in [-0.1, -0.05) is 41.4 Å². The van der Waals surface area contributed by atoms with E-state index in [9.17, 15) is 27.7 Å². The number of carbonyl (C=O) groups is 2. The maximum Gasteiger partial charge on any atom is 0.244 e. The minimum absolute atomic E-state index is 0.0556. The Bertz CT molecular complexity index is 1420. The quantitative estimate of drug-likeness (QED) is 0.589. The molecule has 2 amide bonds. The first-order chi connectivity index (χ1) is 17.0. The Morgan fingerprint density at radius 1 is 1.08 bits per heavy atom. The van der Waals surface area contributed by atoms with Crippen LogP contribution < -0.4 is 5.32 Å². The van der Waals surface area contributed by atoms with E-state index in [2.05, 4.69) is 11.4 Å². The molecule has 3 aliphatic rings. The Morgan fingerprint density at radius 2 is 1.78 bits per heavy atom. The molecule has 7 nitrogen and oxygen atoms in total. The molecule has 2 aromatic carbocycles. The van der Waals surface area contributed by atoms with E-state index in [1.807, 2.05) is 0 Å². The van der Waals surface area contributed by atoms with Crippen LogP contribution in [0.4, 0.5) is 4.39 Å². The molecule has 0 aromatic heterocycles. The Labute approximate surface area is 218 Å². The second-order valence-corrected chi connectivity index (χ2v) is 12.7. The number of hydrogen-bond donors (Lipinski definition) is 1. The van der Waals surface area contributed by atoms with Crippen LogP contribution in [0.3, 0.4) is 0 Å². The lowest BCUT2D eigenvalue weighted by atomic mass is 9.93. The van der Waals surface area contributed by atoms with Crippen LogP contribution >= 0.6 is 23.2 Å². The van der Waals surface area contributed by atoms with Crippen molar-refractivity contribution < 1.29 is 22.4 Å². The molecule has 3 fully saturated rings. The highest BCUT2D eigenvalue weighted by atomic mass is 35.5. The molecule has 5 rings (SSSR count). The van der Waals surface area contributed by atoms with E-state index >= 15 is 0 Å². The molecule has 2 aliphatic carbocycles. The van der Waals surface area contributed by atoms with Gasteiger partial charge in [0.25, 0.3) is 0 Å². The zero-order chi connectivity index (χ0) is 25.9. The van der Waals surface area contributed by atoms with Crippen LogP contribution in [0.1, 0.15) is 37.7 Å². The normalized spacial score (nSPS) is 23.6. The number of nitrogens with zero attached hydrogens (tertiary/aromatic N) is 2. The number of sulfone groups is 1. The lowest BCUT2D eigenvalue weighted by Crippen LogP contribution is -2.51. The third-order valence-corrected chi connectivity index (χ3v) is 10.3. The van der Waals surface area contributed by atoms with Gasteiger partial charge in [-0.25, -0.2) is 12.8 Å². The highest BCUT2D eigenvalue weighted by Gasteiger charge is 2.58. The van der Waals surface area contributed by atoms with Crippen molar-refractivity contribution in [1.82, 2.24) is 10.2 Å². The van der Waals surface area contributed by atoms with Crippen molar-refractivity contribution in [2.75, 3.05) is 6.54 Å². The minimum Gasteiger partial charge on any atom is -0.336 e. The molecule has 0 radical (unpaired) electrons. The van der Waals surface area contributed by atoms with Gasteiger partial charge in [-0.3, -0.25) is 9.59 Å². The largest absolute Gasteiger partial charge is 0.336 e. The number of benzene rings is 2. The first-order valence-electron chi connectivity index (χ1n) is 11.5. The first-order valence-corrected chi connectivity index (χ1v) is 13.8. The third kappa shape index (κ3) is 4.15. The predicted molar refractivity (Wildman–Crippen MR) is 131 cm³/mol. The molecule has 1 N–H and O–H groups in total. The summed E-state index contributed by atoms with van der Waals surface area (Å²) in [5.41, 5.74) is -1.61. The number of hydrogen-bond acceptors (Lipinski definition) is 5. The smallest absolute Gasteiger partial charge is 0.244 e. The van der Waals surface area contributed by atoms with Crippen LogP contribution in [0, 0.1) is 17.1 Å². The average molecular weight is 550 g/mol. The SMILES string of the molecule is N#CC1(NC(=O)C2CC(S(=O)(=O)c3ccccc3Cl)CN2C(=O)C2(c3ccc(Cl)c(F)c3)CC2)CC1. The Balaban J connectivity index is 1.49. The number of likely N-dealkylation sites (tertiary alicyclic amines) is 1. The molecule has 36 heavy (non-hydrogen) atoms. The van der Waals surface area contributed by atoms with E-state index in [0.29, 0.717) is 31.2 Å². The van der Waals surface area contributed by atoms with Gasteiger partial charge in [0.15, 0.2) is 9.84 Å². The van der Waals surface area contributed by atoms with Crippen molar-refractivity contribution in [2.45, 2.75) is 59.2 Å². The highest BCUT2D eigenvalue weighted by Crippen LogP contribution is 2.51. The lowest BCUT2D eigenvalue weighted by Gasteiger charge is -2.29. The summed E-state index contributed by atoms with van der Waals surface area (Å²) in [6, 6.07) is 11.2. The number of halogens is 3. The van der Waals surface area contributed by atoms with Gasteiger partial charge in [0.1, 0.15) is 17.4 Å². The molecule has 0 bridgehead atoms. The van der Waals surface area contributed by atoms with E-state index < -0.39 is 49.7 Å². The Hall–Kier alpha value is -2.67. The Kier molecular flexibility index (Phi) is 6.05. The fourth-order valence-corrected chi connectivity index (χ4v) is 7.21. The van der Waals surface area contributed by atoms with E-state index in [0.717, 1.165) is 0 Å². The van der Waals surface area contributed by atoms with E-state index in [1.54, 1.807) is 18.2 Å². The molecule has 1 saturated heterocycles. The molecule has 2 atom stereocenters. The van der Waals surface area contributed by atoms with Crippen LogP contribution in [0.25, 0.3) is 0 Å². The molecular weight excluding hydrogens is 528 g/mol. The molecule has 2 saturated carbocycles. The fraction of sp³-hybridized carbons (Fsp3) is 0.400. The summed E-state index contributed by atoms with van der Waals surface area (Å²) in [5.74, 6) is -1.67. The summed E-state index contributed by atoms with van der Waals surface area (Å²) in [4.78, 5) is 28.4. The van der Waals surface area contributed by atoms with Crippen LogP contribution in [-0.2, 0) is 24.8 Å². The predicted octanol–water partition coefficient (Wildman–Crippen LogP) is 3.78. The van der Waals surface area contributed by atoms with Crippen molar-refractivity contribution in [3.63, 3.8) is 0 Å². The van der Waals surface area contributed by atoms with Crippen LogP contribution in [0.2, 0.25) is 10.0 Å². The van der Waals surface area contributed by atoms with Gasteiger partial charge in [-0.05, 0) is 61.9 Å². The van der Waals surface area contributed by atoms with E-state index in [-0.39, 0.29) is 27.9 Å². The summed E-state index contributed by atoms with van der Waals surface area (Å²) in [6.07, 6.45) is 1.71. The first kappa shape index (κ1) is 25.0. The average Bonchev–Trinajstić information content (AvgIpc) is 3.77. The number of amides is 2. The van der Waals surface area contributed by atoms with Crippen LogP contribution in [0.15, 0.2) is 47.4 Å². The van der Waals surface area contributed by atoms with Crippen molar-refractivity contribution >= 4 is 44.9 Å². The minimum atomic E-state index is -3.99. The van der Waals surface area contributed by atoms with Crippen molar-refractivity contribution in [2.24, 2.45) is 0 Å². The van der Waals surface area contributed by atoms with Gasteiger partial charge < -0.3 is 10.2 Å². The Morgan fingerprint density at radius 3 is 2.36 bits per heavy atom. The third-order valence-electron chi connectivity index (χ3n) is 7.37. The summed E-state index contributed by atoms with van der Waals surface area (Å²) < 4.78 is 41.2. The fourth-order valence-electron chi connectivity index (χ4n) is 4.88. The number of nitriles is 1. The van der Waals surface area contributed by atoms with Gasteiger partial charge >= 0.3 is 0 Å². The van der Waals surface area contributed by atoms with Crippen LogP contribution in [0.5, 0.6) is 0 Å². The van der Waals surface area contributed by atoms with Crippen LogP contribution in [-0.4, -0.2) is 48.5 Å². The molecular formula is C25H22Cl2FN3O4S. The number of rotatable bonds is 6. The standard InChI is InChI=1S/C25H22Cl2FN3O4S/c26-17-6-5-15(11-19(17)28)25(9-10-25)23(33)31-13-16(36(34,35)21-4-2-1-3-18(21)27)12-20(31)22(32)30-24(14-29)7-8-24/h1-6,11,16,20H,7-10,12-13H2,(H,30,32). The maximum atomic E-state index is 14.2. The topological polar surface area (TPSA) is 107 Å². The van der Waals surface area contributed by atoms with E-state index in [1.165, 1.54) is 29.2 Å². The highest BCUT2D eigenvalue weighted by molar-refractivity contribution is 7.92.